The lowest BCUT2D eigenvalue weighted by Crippen LogP contribution is -2.30. The number of hydrogen-bond acceptors (Lipinski definition) is 6. The van der Waals surface area contributed by atoms with E-state index in [4.69, 9.17) is 14.7 Å². The Kier molecular flexibility index (Phi) is 9.90. The van der Waals surface area contributed by atoms with Crippen molar-refractivity contribution in [2.24, 2.45) is 4.99 Å². The van der Waals surface area contributed by atoms with Crippen LogP contribution >= 0.6 is 0 Å². The molecule has 0 radical (unpaired) electrons. The number of methoxy groups -OCH3 is 2. The van der Waals surface area contributed by atoms with Gasteiger partial charge in [0.15, 0.2) is 0 Å². The van der Waals surface area contributed by atoms with Crippen molar-refractivity contribution in [3.8, 4) is 11.8 Å². The number of carbonyl (C=O) groups excluding carboxylic acids is 1. The zero-order valence-corrected chi connectivity index (χ0v) is 19.1. The van der Waals surface area contributed by atoms with Gasteiger partial charge in [-0.1, -0.05) is 24.3 Å². The Morgan fingerprint density at radius 1 is 1.12 bits per heavy atom. The van der Waals surface area contributed by atoms with E-state index >= 15 is 0 Å². The molecule has 8 nitrogen and oxygen atoms in total. The summed E-state index contributed by atoms with van der Waals surface area (Å²) in [6, 6.07) is 21.1. The van der Waals surface area contributed by atoms with Crippen LogP contribution in [0.15, 0.2) is 71.9 Å². The monoisotopic (exact) mass is 445 g/mol. The van der Waals surface area contributed by atoms with E-state index in [2.05, 4.69) is 20.6 Å². The topological polar surface area (TPSA) is 109 Å². The summed E-state index contributed by atoms with van der Waals surface area (Å²) in [6.07, 6.45) is 2.22. The Balaban J connectivity index is 0.000000357. The van der Waals surface area contributed by atoms with E-state index in [9.17, 15) is 4.79 Å². The molecule has 0 spiro atoms. The zero-order chi connectivity index (χ0) is 24.1. The molecule has 33 heavy (non-hydrogen) atoms. The maximum Gasteiger partial charge on any atom is 0.284 e. The van der Waals surface area contributed by atoms with Crippen molar-refractivity contribution in [2.45, 2.75) is 13.0 Å². The predicted molar refractivity (Wildman–Crippen MR) is 128 cm³/mol. The number of carbonyl (C=O) groups is 1. The molecule has 1 aromatic heterocycles. The van der Waals surface area contributed by atoms with Crippen LogP contribution in [-0.4, -0.2) is 38.7 Å². The minimum atomic E-state index is -0.216. The molecule has 1 heterocycles. The number of nitrogens with zero attached hydrogens (tertiary/aromatic N) is 3. The van der Waals surface area contributed by atoms with Gasteiger partial charge in [-0.25, -0.2) is 4.99 Å². The van der Waals surface area contributed by atoms with Crippen molar-refractivity contribution >= 4 is 18.1 Å². The van der Waals surface area contributed by atoms with Gasteiger partial charge in [0.25, 0.3) is 6.02 Å². The molecule has 1 atom stereocenters. The fourth-order valence-electron chi connectivity index (χ4n) is 2.93. The lowest BCUT2D eigenvalue weighted by molar-refractivity contribution is -0.105. The highest BCUT2D eigenvalue weighted by molar-refractivity contribution is 5.75. The van der Waals surface area contributed by atoms with Crippen LogP contribution in [0, 0.1) is 18.3 Å². The molecule has 0 fully saturated rings. The largest absolute Gasteiger partial charge is 0.497 e. The summed E-state index contributed by atoms with van der Waals surface area (Å²) in [5.74, 6) is 0.758. The molecule has 0 aliphatic heterocycles. The quantitative estimate of drug-likeness (QED) is 0.339. The van der Waals surface area contributed by atoms with E-state index in [1.807, 2.05) is 67.6 Å². The second-order valence-electron chi connectivity index (χ2n) is 6.77. The van der Waals surface area contributed by atoms with E-state index in [1.165, 1.54) is 0 Å². The molecule has 0 saturated carbocycles. The van der Waals surface area contributed by atoms with E-state index in [1.54, 1.807) is 33.5 Å². The number of benzene rings is 2. The molecule has 2 N–H and O–H groups in total. The minimum Gasteiger partial charge on any atom is -0.497 e. The maximum atomic E-state index is 10.7. The third-order valence-corrected chi connectivity index (χ3v) is 4.58. The van der Waals surface area contributed by atoms with Gasteiger partial charge in [0.2, 0.25) is 6.41 Å². The molecule has 0 aliphatic carbocycles. The highest BCUT2D eigenvalue weighted by atomic mass is 16.5. The number of rotatable bonds is 6. The number of pyridine rings is 1. The Morgan fingerprint density at radius 2 is 1.85 bits per heavy atom. The predicted octanol–water partition coefficient (Wildman–Crippen LogP) is 3.84. The van der Waals surface area contributed by atoms with Crippen LogP contribution in [0.25, 0.3) is 0 Å². The summed E-state index contributed by atoms with van der Waals surface area (Å²) in [7, 11) is 4.84. The molecule has 2 aromatic carbocycles. The molecular weight excluding hydrogens is 418 g/mol. The molecule has 0 saturated heterocycles. The number of hydrogen-bond donors (Lipinski definition) is 2. The smallest absolute Gasteiger partial charge is 0.284 e. The van der Waals surface area contributed by atoms with Crippen LogP contribution in [-0.2, 0) is 9.53 Å². The molecule has 3 rings (SSSR count). The standard InChI is InChI=1S/C18H21N3O3.C7H6N2/c1-19-18(24-3)21-17(14-7-5-9-16(11-14)23-2)13-6-4-8-15(10-13)20-12-22;1-6-2-3-7(4-8)5-9-6/h4-12,17H,1-3H3,(H,19,21)(H,20,22);2-3,5H,1H3. The lowest BCUT2D eigenvalue weighted by atomic mass is 9.98. The van der Waals surface area contributed by atoms with Crippen LogP contribution in [0.5, 0.6) is 5.75 Å². The van der Waals surface area contributed by atoms with Gasteiger partial charge in [0.1, 0.15) is 11.8 Å². The normalized spacial score (nSPS) is 11.2. The highest BCUT2D eigenvalue weighted by Gasteiger charge is 2.17. The van der Waals surface area contributed by atoms with E-state index < -0.39 is 0 Å². The summed E-state index contributed by atoms with van der Waals surface area (Å²) >= 11 is 0. The van der Waals surface area contributed by atoms with Crippen LogP contribution in [0.3, 0.4) is 0 Å². The van der Waals surface area contributed by atoms with E-state index in [-0.39, 0.29) is 6.04 Å². The number of amides is 1. The lowest BCUT2D eigenvalue weighted by Gasteiger charge is -2.22. The second kappa shape index (κ2) is 13.1. The van der Waals surface area contributed by atoms with Crippen LogP contribution in [0.4, 0.5) is 5.69 Å². The summed E-state index contributed by atoms with van der Waals surface area (Å²) in [5, 5.41) is 14.3. The van der Waals surface area contributed by atoms with Crippen molar-refractivity contribution in [1.82, 2.24) is 10.3 Å². The Labute approximate surface area is 193 Å². The first-order valence-electron chi connectivity index (χ1n) is 10.1. The molecule has 0 aliphatic rings. The van der Waals surface area contributed by atoms with Crippen LogP contribution in [0.1, 0.15) is 28.4 Å². The molecular formula is C25H27N5O3. The first kappa shape index (κ1) is 24.9. The van der Waals surface area contributed by atoms with Gasteiger partial charge in [-0.3, -0.25) is 9.78 Å². The van der Waals surface area contributed by atoms with Crippen molar-refractivity contribution in [1.29, 1.82) is 5.26 Å². The van der Waals surface area contributed by atoms with E-state index in [0.717, 1.165) is 22.6 Å². The summed E-state index contributed by atoms with van der Waals surface area (Å²) in [6.45, 7) is 1.89. The fraction of sp³-hybridized carbons (Fsp3) is 0.200. The number of nitriles is 1. The number of ether oxygens (including phenoxy) is 2. The molecule has 1 amide bonds. The maximum absolute atomic E-state index is 10.7. The van der Waals surface area contributed by atoms with Gasteiger partial charge in [-0.15, -0.1) is 0 Å². The number of aryl methyl sites for hydroxylation is 1. The number of anilines is 1. The van der Waals surface area contributed by atoms with E-state index in [0.29, 0.717) is 23.7 Å². The van der Waals surface area contributed by atoms with Crippen molar-refractivity contribution < 1.29 is 14.3 Å². The highest BCUT2D eigenvalue weighted by Crippen LogP contribution is 2.27. The third-order valence-electron chi connectivity index (χ3n) is 4.58. The minimum absolute atomic E-state index is 0.216. The van der Waals surface area contributed by atoms with Gasteiger partial charge >= 0.3 is 0 Å². The average molecular weight is 446 g/mol. The Hall–Kier alpha value is -4.38. The Morgan fingerprint density at radius 3 is 2.42 bits per heavy atom. The number of aromatic nitrogens is 1. The van der Waals surface area contributed by atoms with Gasteiger partial charge in [-0.2, -0.15) is 5.26 Å². The molecule has 3 aromatic rings. The second-order valence-corrected chi connectivity index (χ2v) is 6.77. The Bertz CT molecular complexity index is 1110. The van der Waals surface area contributed by atoms with Gasteiger partial charge in [-0.05, 0) is 54.4 Å². The molecule has 8 heteroatoms. The number of nitrogens with one attached hydrogen (secondary N) is 2. The van der Waals surface area contributed by atoms with Gasteiger partial charge in [0, 0.05) is 24.6 Å². The van der Waals surface area contributed by atoms with Crippen molar-refractivity contribution in [2.75, 3.05) is 26.6 Å². The zero-order valence-electron chi connectivity index (χ0n) is 19.1. The van der Waals surface area contributed by atoms with Crippen molar-refractivity contribution in [3.05, 3.63) is 89.2 Å². The van der Waals surface area contributed by atoms with Crippen LogP contribution in [0.2, 0.25) is 0 Å². The molecule has 170 valence electrons. The fourth-order valence-corrected chi connectivity index (χ4v) is 2.93. The van der Waals surface area contributed by atoms with Gasteiger partial charge < -0.3 is 20.1 Å². The first-order valence-corrected chi connectivity index (χ1v) is 10.1. The summed E-state index contributed by atoms with van der Waals surface area (Å²) < 4.78 is 10.6. The summed E-state index contributed by atoms with van der Waals surface area (Å²) in [4.78, 5) is 18.7. The summed E-state index contributed by atoms with van der Waals surface area (Å²) in [5.41, 5.74) is 4.20. The van der Waals surface area contributed by atoms with Gasteiger partial charge in [0.05, 0.1) is 25.8 Å². The molecule has 0 bridgehead atoms. The number of amidine groups is 1. The SMILES string of the molecule is CN=C(NC(c1cccc(NC=O)c1)c1cccc(OC)c1)OC.Cc1ccc(C#N)cn1. The number of aliphatic imine (C=N–C) groups is 1. The first-order chi connectivity index (χ1) is 16.0. The average Bonchev–Trinajstić information content (AvgIpc) is 2.86. The third kappa shape index (κ3) is 7.67. The van der Waals surface area contributed by atoms with Crippen LogP contribution < -0.4 is 15.4 Å². The molecule has 1 unspecified atom stereocenters. The van der Waals surface area contributed by atoms with Crippen molar-refractivity contribution in [3.63, 3.8) is 0 Å².